The molecule has 0 saturated heterocycles. The number of nitrogens with zero attached hydrogens (tertiary/aromatic N) is 1. The number of ether oxygens (including phenoxy) is 1. The van der Waals surface area contributed by atoms with E-state index < -0.39 is 0 Å². The highest BCUT2D eigenvalue weighted by molar-refractivity contribution is 5.23. The number of hydrogen-bond acceptors (Lipinski definition) is 2. The van der Waals surface area contributed by atoms with Crippen LogP contribution < -0.4 is 4.74 Å². The molecule has 1 heterocycles. The zero-order valence-electron chi connectivity index (χ0n) is 9.16. The van der Waals surface area contributed by atoms with Gasteiger partial charge in [-0.25, -0.2) is 4.98 Å². The topological polar surface area (TPSA) is 22.1 Å². The van der Waals surface area contributed by atoms with E-state index in [9.17, 15) is 0 Å². The van der Waals surface area contributed by atoms with Crippen LogP contribution in [0.1, 0.15) is 33.3 Å². The van der Waals surface area contributed by atoms with Gasteiger partial charge in [-0.05, 0) is 26.8 Å². The summed E-state index contributed by atoms with van der Waals surface area (Å²) >= 11 is 0. The van der Waals surface area contributed by atoms with Gasteiger partial charge in [0.25, 0.3) is 0 Å². The maximum atomic E-state index is 5.43. The van der Waals surface area contributed by atoms with Gasteiger partial charge in [0.2, 0.25) is 5.88 Å². The summed E-state index contributed by atoms with van der Waals surface area (Å²) in [5.41, 5.74) is 1.08. The number of rotatable bonds is 2. The lowest BCUT2D eigenvalue weighted by atomic mass is 10.3. The van der Waals surface area contributed by atoms with Crippen molar-refractivity contribution in [1.82, 2.24) is 4.98 Å². The number of aromatic nitrogens is 1. The molecule has 0 atom stereocenters. The van der Waals surface area contributed by atoms with E-state index in [1.807, 2.05) is 46.8 Å². The van der Waals surface area contributed by atoms with Gasteiger partial charge in [-0.15, -0.1) is 0 Å². The summed E-state index contributed by atoms with van der Waals surface area (Å²) in [6, 6.07) is 3.90. The summed E-state index contributed by atoms with van der Waals surface area (Å²) in [6.07, 6.45) is 1.94. The Hall–Kier alpha value is -1.05. The lowest BCUT2D eigenvalue weighted by Crippen LogP contribution is -2.07. The minimum Gasteiger partial charge on any atom is -0.475 e. The first-order chi connectivity index (χ1) is 6.20. The largest absolute Gasteiger partial charge is 0.475 e. The molecule has 0 spiro atoms. The van der Waals surface area contributed by atoms with Crippen LogP contribution in [0.4, 0.5) is 0 Å². The van der Waals surface area contributed by atoms with Crippen LogP contribution in [-0.4, -0.2) is 11.1 Å². The van der Waals surface area contributed by atoms with E-state index in [-0.39, 0.29) is 6.10 Å². The minimum absolute atomic E-state index is 0.198. The first-order valence-electron chi connectivity index (χ1n) is 4.78. The molecule has 0 aliphatic heterocycles. The van der Waals surface area contributed by atoms with Crippen molar-refractivity contribution in [3.63, 3.8) is 0 Å². The van der Waals surface area contributed by atoms with Crippen LogP contribution in [0.5, 0.6) is 5.88 Å². The minimum atomic E-state index is 0.198. The predicted molar refractivity (Wildman–Crippen MR) is 56.1 cm³/mol. The van der Waals surface area contributed by atoms with E-state index in [1.165, 1.54) is 0 Å². The normalized spacial score (nSPS) is 9.08. The summed E-state index contributed by atoms with van der Waals surface area (Å²) in [7, 11) is 0. The fourth-order valence-corrected chi connectivity index (χ4v) is 0.818. The first-order valence-corrected chi connectivity index (χ1v) is 4.78. The van der Waals surface area contributed by atoms with Crippen molar-refractivity contribution in [2.24, 2.45) is 0 Å². The average molecular weight is 181 g/mol. The van der Waals surface area contributed by atoms with Gasteiger partial charge in [-0.1, -0.05) is 19.9 Å². The molecule has 1 aromatic rings. The maximum Gasteiger partial charge on any atom is 0.216 e. The van der Waals surface area contributed by atoms with Crippen molar-refractivity contribution in [1.29, 1.82) is 0 Å². The molecule has 1 aromatic heterocycles. The Balaban J connectivity index is 0.000000671. The van der Waals surface area contributed by atoms with Crippen LogP contribution >= 0.6 is 0 Å². The molecule has 1 rings (SSSR count). The zero-order valence-corrected chi connectivity index (χ0v) is 9.16. The molecule has 2 nitrogen and oxygen atoms in total. The van der Waals surface area contributed by atoms with E-state index in [0.717, 1.165) is 11.4 Å². The van der Waals surface area contributed by atoms with Crippen molar-refractivity contribution in [3.8, 4) is 5.88 Å². The van der Waals surface area contributed by atoms with Crippen molar-refractivity contribution in [2.45, 2.75) is 40.7 Å². The van der Waals surface area contributed by atoms with Gasteiger partial charge in [0.05, 0.1) is 6.10 Å². The lowest BCUT2D eigenvalue weighted by Gasteiger charge is -2.09. The second-order valence-corrected chi connectivity index (χ2v) is 2.79. The van der Waals surface area contributed by atoms with E-state index in [0.29, 0.717) is 0 Å². The maximum absolute atomic E-state index is 5.43. The van der Waals surface area contributed by atoms with Crippen LogP contribution in [0, 0.1) is 6.92 Å². The van der Waals surface area contributed by atoms with Gasteiger partial charge >= 0.3 is 0 Å². The van der Waals surface area contributed by atoms with Crippen molar-refractivity contribution in [3.05, 3.63) is 23.9 Å². The van der Waals surface area contributed by atoms with Crippen LogP contribution in [0.2, 0.25) is 0 Å². The highest BCUT2D eigenvalue weighted by atomic mass is 16.5. The fourth-order valence-electron chi connectivity index (χ4n) is 0.818. The summed E-state index contributed by atoms with van der Waals surface area (Å²) in [5.74, 6) is 0.738. The Morgan fingerprint density at radius 3 is 2.38 bits per heavy atom. The molecule has 0 fully saturated rings. The number of hydrogen-bond donors (Lipinski definition) is 0. The van der Waals surface area contributed by atoms with Crippen molar-refractivity contribution < 1.29 is 4.74 Å². The molecule has 0 amide bonds. The third-order valence-corrected chi connectivity index (χ3v) is 1.31. The van der Waals surface area contributed by atoms with E-state index in [2.05, 4.69) is 4.98 Å². The summed E-state index contributed by atoms with van der Waals surface area (Å²) < 4.78 is 5.43. The third kappa shape index (κ3) is 4.51. The molecular weight excluding hydrogens is 162 g/mol. The Bertz CT molecular complexity index is 233. The van der Waals surface area contributed by atoms with E-state index in [1.54, 1.807) is 6.20 Å². The quantitative estimate of drug-likeness (QED) is 0.699. The number of pyridine rings is 1. The van der Waals surface area contributed by atoms with E-state index in [4.69, 9.17) is 4.74 Å². The SMILES string of the molecule is CC.Cc1cccnc1OC(C)C. The lowest BCUT2D eigenvalue weighted by molar-refractivity contribution is 0.231. The molecule has 0 aliphatic rings. The molecule has 13 heavy (non-hydrogen) atoms. The molecule has 2 heteroatoms. The summed E-state index contributed by atoms with van der Waals surface area (Å²) in [6.45, 7) is 9.98. The molecular formula is C11H19NO. The molecule has 0 bridgehead atoms. The number of aryl methyl sites for hydroxylation is 1. The third-order valence-electron chi connectivity index (χ3n) is 1.31. The molecule has 0 aromatic carbocycles. The molecule has 0 radical (unpaired) electrons. The monoisotopic (exact) mass is 181 g/mol. The molecule has 0 unspecified atom stereocenters. The second kappa shape index (κ2) is 6.46. The van der Waals surface area contributed by atoms with Gasteiger partial charge < -0.3 is 4.74 Å². The van der Waals surface area contributed by atoms with Crippen LogP contribution in [0.15, 0.2) is 18.3 Å². The standard InChI is InChI=1S/C9H13NO.C2H6/c1-7(2)11-9-8(3)5-4-6-10-9;1-2/h4-7H,1-3H3;1-2H3. The first kappa shape index (κ1) is 11.9. The van der Waals surface area contributed by atoms with Crippen molar-refractivity contribution in [2.75, 3.05) is 0 Å². The smallest absolute Gasteiger partial charge is 0.216 e. The van der Waals surface area contributed by atoms with Crippen LogP contribution in [0.3, 0.4) is 0 Å². The highest BCUT2D eigenvalue weighted by Crippen LogP contribution is 2.13. The van der Waals surface area contributed by atoms with Gasteiger partial charge in [0, 0.05) is 11.8 Å². The summed E-state index contributed by atoms with van der Waals surface area (Å²) in [5, 5.41) is 0. The van der Waals surface area contributed by atoms with E-state index >= 15 is 0 Å². The molecule has 0 N–H and O–H groups in total. The second-order valence-electron chi connectivity index (χ2n) is 2.79. The van der Waals surface area contributed by atoms with Crippen molar-refractivity contribution >= 4 is 0 Å². The van der Waals surface area contributed by atoms with Crippen LogP contribution in [-0.2, 0) is 0 Å². The molecule has 0 aliphatic carbocycles. The Labute approximate surface area is 81.0 Å². The van der Waals surface area contributed by atoms with Gasteiger partial charge in [0.1, 0.15) is 0 Å². The van der Waals surface area contributed by atoms with Crippen LogP contribution in [0.25, 0.3) is 0 Å². The van der Waals surface area contributed by atoms with Gasteiger partial charge in [-0.2, -0.15) is 0 Å². The Kier molecular flexibility index (Phi) is 5.94. The summed E-state index contributed by atoms with van der Waals surface area (Å²) in [4.78, 5) is 4.10. The molecule has 74 valence electrons. The molecule has 0 saturated carbocycles. The fraction of sp³-hybridized carbons (Fsp3) is 0.545. The Morgan fingerprint density at radius 2 is 1.92 bits per heavy atom. The highest BCUT2D eigenvalue weighted by Gasteiger charge is 2.00. The average Bonchev–Trinajstić information content (AvgIpc) is 2.12. The Morgan fingerprint density at radius 1 is 1.31 bits per heavy atom. The predicted octanol–water partition coefficient (Wildman–Crippen LogP) is 3.20. The zero-order chi connectivity index (χ0) is 10.3. The van der Waals surface area contributed by atoms with Gasteiger partial charge in [-0.3, -0.25) is 0 Å². The van der Waals surface area contributed by atoms with Gasteiger partial charge in [0.15, 0.2) is 0 Å².